The molecule has 3 heterocycles. The minimum absolute atomic E-state index is 0.199. The van der Waals surface area contributed by atoms with Crippen LogP contribution in [0.2, 0.25) is 0 Å². The van der Waals surface area contributed by atoms with E-state index >= 15 is 0 Å². The highest BCUT2D eigenvalue weighted by molar-refractivity contribution is 5.54. The molecule has 0 spiro atoms. The number of nitrogens with zero attached hydrogens (tertiary/aromatic N) is 5. The molecule has 1 aliphatic rings. The fourth-order valence-corrected chi connectivity index (χ4v) is 2.27. The van der Waals surface area contributed by atoms with Crippen LogP contribution in [-0.4, -0.2) is 31.5 Å². The number of fused-ring (bicyclic) bond motifs is 1. The van der Waals surface area contributed by atoms with Gasteiger partial charge in [-0.1, -0.05) is 0 Å². The molecular weight excluding hydrogens is 260 g/mol. The Labute approximate surface area is 113 Å². The molecule has 1 unspecified atom stereocenters. The third-order valence-electron chi connectivity index (χ3n) is 3.21. The third kappa shape index (κ3) is 1.79. The van der Waals surface area contributed by atoms with E-state index in [-0.39, 0.29) is 5.56 Å². The quantitative estimate of drug-likeness (QED) is 0.562. The molecule has 104 valence electrons. The van der Waals surface area contributed by atoms with Crippen molar-refractivity contribution in [1.29, 1.82) is 0 Å². The third-order valence-corrected chi connectivity index (χ3v) is 3.21. The van der Waals surface area contributed by atoms with Crippen molar-refractivity contribution in [2.75, 3.05) is 0 Å². The van der Waals surface area contributed by atoms with Gasteiger partial charge in [-0.25, -0.2) is 10.1 Å². The first-order chi connectivity index (χ1) is 9.61. The summed E-state index contributed by atoms with van der Waals surface area (Å²) in [4.78, 5) is 16.8. The molecule has 0 saturated heterocycles. The highest BCUT2D eigenvalue weighted by atomic mass is 16.1. The number of aromatic amines is 1. The Morgan fingerprint density at radius 2 is 2.30 bits per heavy atom. The molecule has 3 rings (SSSR count). The van der Waals surface area contributed by atoms with Gasteiger partial charge in [0, 0.05) is 17.5 Å². The van der Waals surface area contributed by atoms with Crippen molar-refractivity contribution in [2.24, 2.45) is 10.7 Å². The Bertz CT molecular complexity index is 819. The molecule has 4 N–H and O–H groups in total. The number of nitrogens with one attached hydrogen (secondary N) is 2. The van der Waals surface area contributed by atoms with Gasteiger partial charge in [-0.2, -0.15) is 0 Å². The Kier molecular flexibility index (Phi) is 2.83. The molecule has 0 amide bonds. The summed E-state index contributed by atoms with van der Waals surface area (Å²) >= 11 is 0. The van der Waals surface area contributed by atoms with Crippen LogP contribution < -0.4 is 27.3 Å². The molecule has 9 nitrogen and oxygen atoms in total. The lowest BCUT2D eigenvalue weighted by Crippen LogP contribution is -2.53. The average molecular weight is 274 g/mol. The van der Waals surface area contributed by atoms with Gasteiger partial charge < -0.3 is 5.32 Å². The number of rotatable bonds is 2. The number of nitrogens with two attached hydrogens (primary N) is 1. The highest BCUT2D eigenvalue weighted by Crippen LogP contribution is 2.04. The molecule has 9 heteroatoms. The van der Waals surface area contributed by atoms with Crippen LogP contribution in [0.25, 0.3) is 17.1 Å². The van der Waals surface area contributed by atoms with Crippen molar-refractivity contribution in [3.8, 4) is 11.4 Å². The van der Waals surface area contributed by atoms with E-state index in [0.717, 1.165) is 10.9 Å². The minimum atomic E-state index is -0.544. The van der Waals surface area contributed by atoms with E-state index < -0.39 is 6.29 Å². The van der Waals surface area contributed by atoms with E-state index in [9.17, 15) is 4.79 Å². The molecule has 1 aliphatic heterocycles. The molecule has 0 fully saturated rings. The Morgan fingerprint density at radius 1 is 1.50 bits per heavy atom. The maximum Gasteiger partial charge on any atom is 0.263 e. The van der Waals surface area contributed by atoms with E-state index in [1.54, 1.807) is 10.6 Å². The van der Waals surface area contributed by atoms with Crippen LogP contribution in [0.3, 0.4) is 0 Å². The average Bonchev–Trinajstić information content (AvgIpc) is 2.92. The van der Waals surface area contributed by atoms with Crippen molar-refractivity contribution in [3.05, 3.63) is 27.1 Å². The van der Waals surface area contributed by atoms with Crippen LogP contribution in [0.4, 0.5) is 0 Å². The highest BCUT2D eigenvalue weighted by Gasteiger charge is 2.16. The second kappa shape index (κ2) is 4.53. The first-order valence-electron chi connectivity index (χ1n) is 6.20. The fraction of sp³-hybridized carbons (Fsp3) is 0.364. The van der Waals surface area contributed by atoms with Crippen molar-refractivity contribution < 1.29 is 0 Å². The molecule has 2 aromatic heterocycles. The van der Waals surface area contributed by atoms with Crippen molar-refractivity contribution in [2.45, 2.75) is 26.7 Å². The second-order valence-electron chi connectivity index (χ2n) is 4.44. The monoisotopic (exact) mass is 274 g/mol. The van der Waals surface area contributed by atoms with E-state index in [1.807, 2.05) is 13.8 Å². The van der Waals surface area contributed by atoms with Gasteiger partial charge in [0.25, 0.3) is 5.56 Å². The lowest BCUT2D eigenvalue weighted by atomic mass is 10.2. The van der Waals surface area contributed by atoms with Crippen molar-refractivity contribution in [3.63, 3.8) is 0 Å². The fourth-order valence-electron chi connectivity index (χ4n) is 2.27. The van der Waals surface area contributed by atoms with Gasteiger partial charge in [-0.3, -0.25) is 15.1 Å². The van der Waals surface area contributed by atoms with Gasteiger partial charge in [0.1, 0.15) is 5.49 Å². The summed E-state index contributed by atoms with van der Waals surface area (Å²) in [5.74, 6) is 0.336. The van der Waals surface area contributed by atoms with Crippen LogP contribution in [-0.2, 0) is 6.54 Å². The Balaban J connectivity index is 2.45. The maximum atomic E-state index is 12.5. The van der Waals surface area contributed by atoms with E-state index in [2.05, 4.69) is 30.9 Å². The number of aromatic nitrogens is 5. The van der Waals surface area contributed by atoms with Crippen molar-refractivity contribution in [1.82, 2.24) is 30.5 Å². The van der Waals surface area contributed by atoms with Crippen LogP contribution >= 0.6 is 0 Å². The van der Waals surface area contributed by atoms with Gasteiger partial charge in [-0.15, -0.1) is 5.10 Å². The lowest BCUT2D eigenvalue weighted by molar-refractivity contribution is 0.573. The maximum absolute atomic E-state index is 12.5. The topological polar surface area (TPSA) is 127 Å². The molecule has 0 saturated carbocycles. The smallest absolute Gasteiger partial charge is 0.263 e. The van der Waals surface area contributed by atoms with Crippen LogP contribution in [0, 0.1) is 0 Å². The van der Waals surface area contributed by atoms with Gasteiger partial charge >= 0.3 is 0 Å². The summed E-state index contributed by atoms with van der Waals surface area (Å²) in [6, 6.07) is 1.73. The summed E-state index contributed by atoms with van der Waals surface area (Å²) in [5, 5.41) is 17.3. The van der Waals surface area contributed by atoms with E-state index in [4.69, 9.17) is 5.73 Å². The van der Waals surface area contributed by atoms with Crippen molar-refractivity contribution >= 4 is 5.70 Å². The van der Waals surface area contributed by atoms with Crippen LogP contribution in [0.5, 0.6) is 0 Å². The molecule has 20 heavy (non-hydrogen) atoms. The number of hydrogen-bond acceptors (Lipinski definition) is 7. The SMILES string of the molecule is CCn1c(=O)c(-c2nnn[nH]2)cc2c1=NC(N)NC=2C. The summed E-state index contributed by atoms with van der Waals surface area (Å²) in [6.07, 6.45) is -0.544. The molecule has 0 aromatic carbocycles. The molecule has 2 aromatic rings. The lowest BCUT2D eigenvalue weighted by Gasteiger charge is -2.18. The first kappa shape index (κ1) is 12.5. The van der Waals surface area contributed by atoms with Crippen LogP contribution in [0.1, 0.15) is 13.8 Å². The predicted molar refractivity (Wildman–Crippen MR) is 70.5 cm³/mol. The summed E-state index contributed by atoms with van der Waals surface area (Å²) in [6.45, 7) is 4.25. The van der Waals surface area contributed by atoms with Gasteiger partial charge in [0.15, 0.2) is 12.1 Å². The Morgan fingerprint density at radius 3 is 2.95 bits per heavy atom. The predicted octanol–water partition coefficient (Wildman–Crippen LogP) is -2.36. The number of tetrazole rings is 1. The Hall–Kier alpha value is -2.55. The van der Waals surface area contributed by atoms with E-state index in [0.29, 0.717) is 23.4 Å². The number of hydrogen-bond donors (Lipinski definition) is 3. The largest absolute Gasteiger partial charge is 0.355 e. The minimum Gasteiger partial charge on any atom is -0.355 e. The zero-order valence-corrected chi connectivity index (χ0v) is 11.1. The van der Waals surface area contributed by atoms with E-state index in [1.165, 1.54) is 0 Å². The molecule has 0 bridgehead atoms. The molecule has 0 aliphatic carbocycles. The van der Waals surface area contributed by atoms with Gasteiger partial charge in [-0.05, 0) is 30.3 Å². The summed E-state index contributed by atoms with van der Waals surface area (Å²) in [7, 11) is 0. The standard InChI is InChI=1S/C11H14N8O/c1-3-19-9-6(5(2)13-11(12)14-9)4-7(10(19)20)8-15-17-18-16-8/h4,11,13H,3,12H2,1-2H3,(H,15,16,17,18). The summed E-state index contributed by atoms with van der Waals surface area (Å²) < 4.78 is 1.57. The number of pyridine rings is 1. The summed E-state index contributed by atoms with van der Waals surface area (Å²) in [5.41, 5.74) is 7.44. The zero-order chi connectivity index (χ0) is 14.3. The van der Waals surface area contributed by atoms with Crippen LogP contribution in [0.15, 0.2) is 15.9 Å². The molecular formula is C11H14N8O. The molecule has 0 radical (unpaired) electrons. The molecule has 1 atom stereocenters. The zero-order valence-electron chi connectivity index (χ0n) is 11.1. The van der Waals surface area contributed by atoms with Gasteiger partial charge in [0.05, 0.1) is 5.56 Å². The van der Waals surface area contributed by atoms with Gasteiger partial charge in [0.2, 0.25) is 0 Å². The normalized spacial score (nSPS) is 17.4. The first-order valence-corrected chi connectivity index (χ1v) is 6.20. The number of H-pyrrole nitrogens is 1. The second-order valence-corrected chi connectivity index (χ2v) is 4.44.